The molecule has 0 aliphatic heterocycles. The second-order valence-corrected chi connectivity index (χ2v) is 30.5. The molecule has 0 radical (unpaired) electrons. The van der Waals surface area contributed by atoms with Gasteiger partial charge in [-0.1, -0.05) is 86.6 Å². The van der Waals surface area contributed by atoms with Crippen LogP contribution in [0.5, 0.6) is 17.2 Å². The molecule has 224 valence electrons. The van der Waals surface area contributed by atoms with E-state index in [0.29, 0.717) is 0 Å². The molecule has 0 heterocycles. The van der Waals surface area contributed by atoms with Gasteiger partial charge in [0.2, 0.25) is 16.6 Å². The monoisotopic (exact) mass is 616 g/mol. The fourth-order valence-electron chi connectivity index (χ4n) is 3.23. The second kappa shape index (κ2) is 12.1. The summed E-state index contributed by atoms with van der Waals surface area (Å²) >= 11 is 1.74. The van der Waals surface area contributed by atoms with Crippen LogP contribution in [0.2, 0.25) is 54.4 Å². The van der Waals surface area contributed by atoms with Crippen molar-refractivity contribution in [2.24, 2.45) is 0 Å². The van der Waals surface area contributed by atoms with E-state index in [1.807, 2.05) is 0 Å². The van der Waals surface area contributed by atoms with Crippen LogP contribution in [-0.4, -0.2) is 31.2 Å². The van der Waals surface area contributed by atoms with Crippen LogP contribution in [0.4, 0.5) is 0 Å². The molecule has 0 aliphatic carbocycles. The van der Waals surface area contributed by atoms with E-state index in [-0.39, 0.29) is 15.1 Å². The minimum absolute atomic E-state index is 0.100. The van der Waals surface area contributed by atoms with E-state index in [1.54, 1.807) is 11.8 Å². The molecule has 0 fully saturated rings. The highest BCUT2D eigenvalue weighted by molar-refractivity contribution is 7.98. The molecule has 40 heavy (non-hydrogen) atoms. The van der Waals surface area contributed by atoms with Crippen molar-refractivity contribution < 1.29 is 13.3 Å². The summed E-state index contributed by atoms with van der Waals surface area (Å²) in [6.07, 6.45) is 6.51. The summed E-state index contributed by atoms with van der Waals surface area (Å²) in [4.78, 5) is 1.15. The molecule has 7 heteroatoms. The predicted molar refractivity (Wildman–Crippen MR) is 187 cm³/mol. The number of hydrogen-bond donors (Lipinski definition) is 0. The summed E-state index contributed by atoms with van der Waals surface area (Å²) in [6.45, 7) is 34.3. The number of thioether (sulfide) groups is 1. The van der Waals surface area contributed by atoms with Crippen molar-refractivity contribution in [3.63, 3.8) is 0 Å². The van der Waals surface area contributed by atoms with Gasteiger partial charge in [0, 0.05) is 6.07 Å². The van der Waals surface area contributed by atoms with Crippen molar-refractivity contribution in [2.75, 3.05) is 6.26 Å². The van der Waals surface area contributed by atoms with Crippen LogP contribution < -0.4 is 13.3 Å². The lowest BCUT2D eigenvalue weighted by atomic mass is 10.1. The van der Waals surface area contributed by atoms with Crippen molar-refractivity contribution >= 4 is 48.9 Å². The van der Waals surface area contributed by atoms with E-state index in [9.17, 15) is 0 Å². The van der Waals surface area contributed by atoms with Crippen LogP contribution in [0.15, 0.2) is 41.3 Å². The lowest BCUT2D eigenvalue weighted by Gasteiger charge is -2.38. The molecule has 2 rings (SSSR count). The summed E-state index contributed by atoms with van der Waals surface area (Å²) < 4.78 is 20.2. The molecule has 2 aromatic rings. The highest BCUT2D eigenvalue weighted by Crippen LogP contribution is 2.45. The smallest absolute Gasteiger partial charge is 0.250 e. The minimum Gasteiger partial charge on any atom is -0.544 e. The molecule has 0 saturated carbocycles. The Kier molecular flexibility index (Phi) is 10.5. The van der Waals surface area contributed by atoms with Gasteiger partial charge >= 0.3 is 0 Å². The van der Waals surface area contributed by atoms with Crippen molar-refractivity contribution in [2.45, 2.75) is 122 Å². The third kappa shape index (κ3) is 8.55. The molecular formula is C33H56O3SSi3. The SMILES string of the molecule is CSc1c(/C=C/c2ccc(O[Si](C)(C)C(C)(C)C)cc2)cc(O[Si](C)(C)C(C)(C)C)cc1O[Si](C)(C)C(C)(C)C. The molecular weight excluding hydrogens is 561 g/mol. The van der Waals surface area contributed by atoms with Gasteiger partial charge in [-0.15, -0.1) is 11.8 Å². The van der Waals surface area contributed by atoms with Gasteiger partial charge < -0.3 is 13.3 Å². The lowest BCUT2D eigenvalue weighted by Crippen LogP contribution is -2.44. The molecule has 0 aromatic heterocycles. The first-order chi connectivity index (χ1) is 17.9. The van der Waals surface area contributed by atoms with Gasteiger partial charge in [0.05, 0.1) is 4.90 Å². The van der Waals surface area contributed by atoms with Crippen molar-refractivity contribution in [1.82, 2.24) is 0 Å². The van der Waals surface area contributed by atoms with Gasteiger partial charge in [-0.2, -0.15) is 0 Å². The van der Waals surface area contributed by atoms with Gasteiger partial charge in [-0.25, -0.2) is 0 Å². The van der Waals surface area contributed by atoms with Crippen molar-refractivity contribution in [3.05, 3.63) is 47.5 Å². The molecule has 0 unspecified atom stereocenters. The van der Waals surface area contributed by atoms with Crippen molar-refractivity contribution in [1.29, 1.82) is 0 Å². The largest absolute Gasteiger partial charge is 0.544 e. The highest BCUT2D eigenvalue weighted by Gasteiger charge is 2.41. The summed E-state index contributed by atoms with van der Waals surface area (Å²) in [5.41, 5.74) is 2.26. The zero-order valence-electron chi connectivity index (χ0n) is 28.3. The fourth-order valence-corrected chi connectivity index (χ4v) is 7.03. The third-order valence-corrected chi connectivity index (χ3v) is 23.0. The van der Waals surface area contributed by atoms with E-state index in [1.165, 1.54) is 0 Å². The summed E-state index contributed by atoms with van der Waals surface area (Å²) in [7, 11) is -5.95. The molecule has 0 aliphatic rings. The maximum Gasteiger partial charge on any atom is 0.250 e. The second-order valence-electron chi connectivity index (χ2n) is 15.5. The summed E-state index contributed by atoms with van der Waals surface area (Å²) in [5, 5.41) is 0.376. The number of rotatable bonds is 9. The normalized spacial score (nSPS) is 14.0. The quantitative estimate of drug-likeness (QED) is 0.159. The Balaban J connectivity index is 2.53. The average molecular weight is 617 g/mol. The van der Waals surface area contributed by atoms with Gasteiger partial charge in [0.15, 0.2) is 0 Å². The first kappa shape index (κ1) is 34.8. The molecule has 0 atom stereocenters. The Bertz CT molecular complexity index is 1180. The molecule has 0 N–H and O–H groups in total. The average Bonchev–Trinajstić information content (AvgIpc) is 2.75. The Morgan fingerprint density at radius 2 is 1.00 bits per heavy atom. The van der Waals surface area contributed by atoms with Crippen LogP contribution in [-0.2, 0) is 0 Å². The van der Waals surface area contributed by atoms with Gasteiger partial charge in [0.25, 0.3) is 8.32 Å². The molecule has 3 nitrogen and oxygen atoms in total. The molecule has 2 aromatic carbocycles. The Labute approximate surface area is 253 Å². The Morgan fingerprint density at radius 1 is 0.575 bits per heavy atom. The van der Waals surface area contributed by atoms with Gasteiger partial charge in [0.1, 0.15) is 17.2 Å². The Morgan fingerprint density at radius 3 is 1.43 bits per heavy atom. The van der Waals surface area contributed by atoms with Crippen LogP contribution in [0, 0.1) is 0 Å². The summed E-state index contributed by atoms with van der Waals surface area (Å²) in [5.74, 6) is 2.78. The van der Waals surface area contributed by atoms with Gasteiger partial charge in [-0.05, 0) is 90.0 Å². The first-order valence-corrected chi connectivity index (χ1v) is 24.4. The predicted octanol–water partition coefficient (Wildman–Crippen LogP) is 11.7. The van der Waals surface area contributed by atoms with E-state index in [4.69, 9.17) is 13.3 Å². The zero-order chi connectivity index (χ0) is 30.9. The standard InChI is InChI=1S/C33H56O3SSi3/c1-31(2,3)38(11,12)34-27-21-18-25(19-22-27)17-20-26-23-28(35-39(13,14)32(4,5)6)24-29(30(26)37-10)36-40(15,16)33(7,8)9/h17-24H,1-16H3/b20-17+. The fraction of sp³-hybridized carbons (Fsp3) is 0.576. The molecule has 0 amide bonds. The first-order valence-electron chi connectivity index (χ1n) is 14.5. The van der Waals surface area contributed by atoms with E-state index < -0.39 is 25.0 Å². The van der Waals surface area contributed by atoms with Crippen LogP contribution in [0.1, 0.15) is 73.4 Å². The lowest BCUT2D eigenvalue weighted by molar-refractivity contribution is 0.468. The van der Waals surface area contributed by atoms with Crippen molar-refractivity contribution in [3.8, 4) is 17.2 Å². The van der Waals surface area contributed by atoms with Gasteiger partial charge in [-0.3, -0.25) is 0 Å². The van der Waals surface area contributed by atoms with E-state index >= 15 is 0 Å². The number of hydrogen-bond acceptors (Lipinski definition) is 4. The van der Waals surface area contributed by atoms with E-state index in [0.717, 1.165) is 33.3 Å². The molecule has 0 saturated heterocycles. The zero-order valence-corrected chi connectivity index (χ0v) is 32.1. The Hall–Kier alpha value is -1.42. The maximum atomic E-state index is 6.92. The highest BCUT2D eigenvalue weighted by atomic mass is 32.2. The number of benzene rings is 2. The van der Waals surface area contributed by atoms with Crippen LogP contribution >= 0.6 is 11.8 Å². The molecule has 0 spiro atoms. The van der Waals surface area contributed by atoms with Crippen LogP contribution in [0.3, 0.4) is 0 Å². The minimum atomic E-state index is -2.05. The summed E-state index contributed by atoms with van der Waals surface area (Å²) in [6, 6.07) is 12.8. The topological polar surface area (TPSA) is 27.7 Å². The van der Waals surface area contributed by atoms with Crippen LogP contribution in [0.25, 0.3) is 12.2 Å². The third-order valence-electron chi connectivity index (χ3n) is 9.13. The molecule has 0 bridgehead atoms. The van der Waals surface area contributed by atoms with E-state index in [2.05, 4.69) is 156 Å². The maximum absolute atomic E-state index is 6.92.